The maximum Gasteiger partial charge on any atom is 0.191 e. The standard InChI is InChI=1S/C15H32N4.HI/c1-7-10-17-15(16-6)18-12-14(11-13(4)5)19(8-2)9-3;/h7,13-14H,1,8-12H2,2-6H3,(H2,16,17,18);1H. The van der Waals surface area contributed by atoms with E-state index in [0.29, 0.717) is 12.0 Å². The molecule has 1 atom stereocenters. The topological polar surface area (TPSA) is 39.7 Å². The van der Waals surface area contributed by atoms with Crippen LogP contribution >= 0.6 is 24.0 Å². The molecule has 0 saturated carbocycles. The van der Waals surface area contributed by atoms with Gasteiger partial charge in [-0.05, 0) is 25.4 Å². The Morgan fingerprint density at radius 3 is 2.25 bits per heavy atom. The molecular weight excluding hydrogens is 363 g/mol. The lowest BCUT2D eigenvalue weighted by Gasteiger charge is -2.31. The largest absolute Gasteiger partial charge is 0.355 e. The highest BCUT2D eigenvalue weighted by Crippen LogP contribution is 2.10. The number of aliphatic imine (C=N–C) groups is 1. The van der Waals surface area contributed by atoms with Crippen molar-refractivity contribution in [2.24, 2.45) is 10.9 Å². The fourth-order valence-corrected chi connectivity index (χ4v) is 2.25. The quantitative estimate of drug-likeness (QED) is 0.273. The Kier molecular flexibility index (Phi) is 15.0. The average Bonchev–Trinajstić information content (AvgIpc) is 2.39. The van der Waals surface area contributed by atoms with Gasteiger partial charge in [-0.3, -0.25) is 9.89 Å². The summed E-state index contributed by atoms with van der Waals surface area (Å²) in [5.41, 5.74) is 0. The normalized spacial score (nSPS) is 13.1. The summed E-state index contributed by atoms with van der Waals surface area (Å²) in [5.74, 6) is 1.55. The average molecular weight is 396 g/mol. The summed E-state index contributed by atoms with van der Waals surface area (Å²) in [6.07, 6.45) is 3.04. The van der Waals surface area contributed by atoms with Gasteiger partial charge in [-0.15, -0.1) is 30.6 Å². The van der Waals surface area contributed by atoms with Gasteiger partial charge in [-0.1, -0.05) is 33.8 Å². The number of nitrogens with one attached hydrogen (secondary N) is 2. The third-order valence-electron chi connectivity index (χ3n) is 3.21. The number of hydrogen-bond acceptors (Lipinski definition) is 2. The van der Waals surface area contributed by atoms with Crippen LogP contribution in [0.4, 0.5) is 0 Å². The molecule has 120 valence electrons. The van der Waals surface area contributed by atoms with Crippen LogP contribution < -0.4 is 10.6 Å². The van der Waals surface area contributed by atoms with Gasteiger partial charge < -0.3 is 10.6 Å². The molecule has 0 fully saturated rings. The van der Waals surface area contributed by atoms with Crippen LogP contribution in [0.25, 0.3) is 0 Å². The Morgan fingerprint density at radius 2 is 1.85 bits per heavy atom. The van der Waals surface area contributed by atoms with Crippen molar-refractivity contribution in [1.82, 2.24) is 15.5 Å². The molecule has 2 N–H and O–H groups in total. The first-order valence-electron chi connectivity index (χ1n) is 7.38. The van der Waals surface area contributed by atoms with Crippen molar-refractivity contribution in [2.45, 2.75) is 40.2 Å². The number of guanidine groups is 1. The maximum atomic E-state index is 4.22. The monoisotopic (exact) mass is 396 g/mol. The fraction of sp³-hybridized carbons (Fsp3) is 0.800. The molecule has 0 aliphatic heterocycles. The molecule has 0 saturated heterocycles. The van der Waals surface area contributed by atoms with Gasteiger partial charge >= 0.3 is 0 Å². The summed E-state index contributed by atoms with van der Waals surface area (Å²) in [6, 6.07) is 0.553. The van der Waals surface area contributed by atoms with E-state index in [1.807, 2.05) is 6.08 Å². The van der Waals surface area contributed by atoms with Crippen molar-refractivity contribution in [3.8, 4) is 0 Å². The van der Waals surface area contributed by atoms with Gasteiger partial charge in [0.15, 0.2) is 5.96 Å². The van der Waals surface area contributed by atoms with Gasteiger partial charge in [0.05, 0.1) is 0 Å². The first-order valence-corrected chi connectivity index (χ1v) is 7.38. The van der Waals surface area contributed by atoms with Crippen molar-refractivity contribution in [2.75, 3.05) is 33.2 Å². The van der Waals surface area contributed by atoms with E-state index in [9.17, 15) is 0 Å². The lowest BCUT2D eigenvalue weighted by Crippen LogP contribution is -2.47. The lowest BCUT2D eigenvalue weighted by molar-refractivity contribution is 0.191. The van der Waals surface area contributed by atoms with Crippen LogP contribution in [0, 0.1) is 5.92 Å². The maximum absolute atomic E-state index is 4.22. The molecule has 0 rings (SSSR count). The minimum Gasteiger partial charge on any atom is -0.355 e. The molecule has 0 aliphatic rings. The van der Waals surface area contributed by atoms with Gasteiger partial charge in [0, 0.05) is 26.2 Å². The van der Waals surface area contributed by atoms with E-state index in [2.05, 4.69) is 54.8 Å². The smallest absolute Gasteiger partial charge is 0.191 e. The second kappa shape index (κ2) is 13.7. The molecule has 0 aromatic heterocycles. The van der Waals surface area contributed by atoms with Crippen molar-refractivity contribution in [3.63, 3.8) is 0 Å². The zero-order valence-corrected chi connectivity index (χ0v) is 16.1. The minimum atomic E-state index is 0. The van der Waals surface area contributed by atoms with E-state index >= 15 is 0 Å². The van der Waals surface area contributed by atoms with Crippen LogP contribution in [0.1, 0.15) is 34.1 Å². The summed E-state index contributed by atoms with van der Waals surface area (Å²) in [5, 5.41) is 6.61. The third-order valence-corrected chi connectivity index (χ3v) is 3.21. The molecule has 0 aromatic carbocycles. The van der Waals surface area contributed by atoms with Crippen molar-refractivity contribution < 1.29 is 0 Å². The van der Waals surface area contributed by atoms with Crippen LogP contribution in [0.2, 0.25) is 0 Å². The number of nitrogens with zero attached hydrogens (tertiary/aromatic N) is 2. The van der Waals surface area contributed by atoms with E-state index in [4.69, 9.17) is 0 Å². The minimum absolute atomic E-state index is 0. The Labute approximate surface area is 142 Å². The van der Waals surface area contributed by atoms with Crippen LogP contribution in [-0.2, 0) is 0 Å². The van der Waals surface area contributed by atoms with Gasteiger partial charge in [-0.25, -0.2) is 0 Å². The van der Waals surface area contributed by atoms with Gasteiger partial charge in [0.2, 0.25) is 0 Å². The summed E-state index contributed by atoms with van der Waals surface area (Å²) in [7, 11) is 1.80. The van der Waals surface area contributed by atoms with Crippen LogP contribution in [0.15, 0.2) is 17.6 Å². The molecule has 0 radical (unpaired) electrons. The van der Waals surface area contributed by atoms with Crippen LogP contribution in [0.3, 0.4) is 0 Å². The molecule has 5 heteroatoms. The zero-order valence-electron chi connectivity index (χ0n) is 13.8. The molecule has 20 heavy (non-hydrogen) atoms. The van der Waals surface area contributed by atoms with Crippen molar-refractivity contribution in [3.05, 3.63) is 12.7 Å². The van der Waals surface area contributed by atoms with Gasteiger partial charge in [0.1, 0.15) is 0 Å². The molecule has 0 heterocycles. The van der Waals surface area contributed by atoms with E-state index in [-0.39, 0.29) is 24.0 Å². The highest BCUT2D eigenvalue weighted by atomic mass is 127. The molecule has 0 spiro atoms. The molecule has 4 nitrogen and oxygen atoms in total. The van der Waals surface area contributed by atoms with Gasteiger partial charge in [0.25, 0.3) is 0 Å². The van der Waals surface area contributed by atoms with E-state index < -0.39 is 0 Å². The summed E-state index contributed by atoms with van der Waals surface area (Å²) in [4.78, 5) is 6.72. The lowest BCUT2D eigenvalue weighted by atomic mass is 10.0. The van der Waals surface area contributed by atoms with Gasteiger partial charge in [-0.2, -0.15) is 0 Å². The number of hydrogen-bond donors (Lipinski definition) is 2. The molecule has 0 aliphatic carbocycles. The highest BCUT2D eigenvalue weighted by molar-refractivity contribution is 14.0. The number of likely N-dealkylation sites (N-methyl/N-ethyl adjacent to an activating group) is 1. The first kappa shape index (κ1) is 22.0. The Hall–Kier alpha value is -0.300. The van der Waals surface area contributed by atoms with E-state index in [1.165, 1.54) is 6.42 Å². The SMILES string of the molecule is C=CCNC(=NC)NCC(CC(C)C)N(CC)CC.I. The molecule has 0 aromatic rings. The van der Waals surface area contributed by atoms with E-state index in [0.717, 1.165) is 32.1 Å². The zero-order chi connectivity index (χ0) is 14.7. The van der Waals surface area contributed by atoms with Crippen LogP contribution in [-0.4, -0.2) is 50.1 Å². The number of halogens is 1. The summed E-state index contributed by atoms with van der Waals surface area (Å²) in [6.45, 7) is 16.6. The van der Waals surface area contributed by atoms with Crippen LogP contribution in [0.5, 0.6) is 0 Å². The summed E-state index contributed by atoms with van der Waals surface area (Å²) >= 11 is 0. The predicted molar refractivity (Wildman–Crippen MR) is 101 cm³/mol. The second-order valence-corrected chi connectivity index (χ2v) is 5.13. The third kappa shape index (κ3) is 9.58. The first-order chi connectivity index (χ1) is 9.08. The molecule has 0 bridgehead atoms. The molecule has 1 unspecified atom stereocenters. The highest BCUT2D eigenvalue weighted by Gasteiger charge is 2.17. The van der Waals surface area contributed by atoms with Crippen molar-refractivity contribution in [1.29, 1.82) is 0 Å². The van der Waals surface area contributed by atoms with Crippen molar-refractivity contribution >= 4 is 29.9 Å². The number of rotatable bonds is 9. The predicted octanol–water partition coefficient (Wildman–Crippen LogP) is 2.71. The molecule has 0 amide bonds. The fourth-order valence-electron chi connectivity index (χ4n) is 2.25. The Morgan fingerprint density at radius 1 is 1.25 bits per heavy atom. The van der Waals surface area contributed by atoms with E-state index in [1.54, 1.807) is 7.05 Å². The molecular formula is C15H33IN4. The summed E-state index contributed by atoms with van der Waals surface area (Å²) < 4.78 is 0. The Bertz CT molecular complexity index is 263. The Balaban J connectivity index is 0. The second-order valence-electron chi connectivity index (χ2n) is 5.13.